The van der Waals surface area contributed by atoms with Crippen molar-refractivity contribution in [2.24, 2.45) is 0 Å². The Balaban J connectivity index is 1.67. The second-order valence-corrected chi connectivity index (χ2v) is 6.39. The standard InChI is InChI=1S/C16H18F3N3OS/c1-2-23-13-6-4-3-5-12(13)21-7-9-22(10-8-21)15-20-11-14(24-15)16(17,18)19/h3-6,11H,2,7-10H2,1H3. The van der Waals surface area contributed by atoms with E-state index < -0.39 is 11.1 Å². The highest BCUT2D eigenvalue weighted by molar-refractivity contribution is 7.15. The summed E-state index contributed by atoms with van der Waals surface area (Å²) in [4.78, 5) is 7.38. The summed E-state index contributed by atoms with van der Waals surface area (Å²) in [7, 11) is 0. The summed E-state index contributed by atoms with van der Waals surface area (Å²) >= 11 is 0.701. The summed E-state index contributed by atoms with van der Waals surface area (Å²) in [6.45, 7) is 5.22. The quantitative estimate of drug-likeness (QED) is 0.830. The van der Waals surface area contributed by atoms with E-state index in [1.165, 1.54) is 0 Å². The van der Waals surface area contributed by atoms with E-state index in [2.05, 4.69) is 9.88 Å². The maximum Gasteiger partial charge on any atom is 0.427 e. The Kier molecular flexibility index (Phi) is 4.84. The van der Waals surface area contributed by atoms with Crippen LogP contribution in [0.3, 0.4) is 0 Å². The number of nitrogens with zero attached hydrogens (tertiary/aromatic N) is 3. The van der Waals surface area contributed by atoms with Crippen LogP contribution in [0.5, 0.6) is 5.75 Å². The fourth-order valence-corrected chi connectivity index (χ4v) is 3.51. The molecule has 3 rings (SSSR count). The lowest BCUT2D eigenvalue weighted by Crippen LogP contribution is -2.46. The first kappa shape index (κ1) is 16.9. The van der Waals surface area contributed by atoms with Crippen LogP contribution in [0.25, 0.3) is 0 Å². The van der Waals surface area contributed by atoms with E-state index in [9.17, 15) is 13.2 Å². The number of ether oxygens (including phenoxy) is 1. The van der Waals surface area contributed by atoms with E-state index in [-0.39, 0.29) is 0 Å². The number of aromatic nitrogens is 1. The number of alkyl halides is 3. The molecule has 4 nitrogen and oxygen atoms in total. The number of hydrogen-bond donors (Lipinski definition) is 0. The molecule has 1 saturated heterocycles. The van der Waals surface area contributed by atoms with Crippen LogP contribution in [0.4, 0.5) is 24.0 Å². The maximum atomic E-state index is 12.7. The number of rotatable bonds is 4. The van der Waals surface area contributed by atoms with Crippen LogP contribution in [-0.4, -0.2) is 37.8 Å². The summed E-state index contributed by atoms with van der Waals surface area (Å²) < 4.78 is 43.7. The third-order valence-corrected chi connectivity index (χ3v) is 4.93. The van der Waals surface area contributed by atoms with E-state index in [1.807, 2.05) is 36.1 Å². The number of anilines is 2. The van der Waals surface area contributed by atoms with Crippen molar-refractivity contribution in [3.8, 4) is 5.75 Å². The molecule has 0 spiro atoms. The normalized spacial score (nSPS) is 15.7. The van der Waals surface area contributed by atoms with Crippen molar-refractivity contribution in [2.75, 3.05) is 42.6 Å². The van der Waals surface area contributed by atoms with Crippen LogP contribution >= 0.6 is 11.3 Å². The second-order valence-electron chi connectivity index (χ2n) is 5.38. The molecule has 0 N–H and O–H groups in total. The summed E-state index contributed by atoms with van der Waals surface area (Å²) in [5.41, 5.74) is 1.02. The number of thiazole rings is 1. The van der Waals surface area contributed by atoms with Gasteiger partial charge >= 0.3 is 6.18 Å². The molecule has 1 aromatic carbocycles. The highest BCUT2D eigenvalue weighted by Gasteiger charge is 2.34. The Morgan fingerprint density at radius 3 is 2.42 bits per heavy atom. The van der Waals surface area contributed by atoms with Gasteiger partial charge in [-0.2, -0.15) is 13.2 Å². The third-order valence-electron chi connectivity index (χ3n) is 3.83. The lowest BCUT2D eigenvalue weighted by molar-refractivity contribution is -0.134. The SMILES string of the molecule is CCOc1ccccc1N1CCN(c2ncc(C(F)(F)F)s2)CC1. The molecule has 1 aliphatic rings. The van der Waals surface area contributed by atoms with Crippen molar-refractivity contribution in [3.05, 3.63) is 35.3 Å². The highest BCUT2D eigenvalue weighted by Crippen LogP contribution is 2.37. The molecule has 1 fully saturated rings. The number of halogens is 3. The fourth-order valence-electron chi connectivity index (χ4n) is 2.68. The molecular weight excluding hydrogens is 339 g/mol. The zero-order valence-electron chi connectivity index (χ0n) is 13.2. The Hall–Kier alpha value is -1.96. The van der Waals surface area contributed by atoms with Gasteiger partial charge in [0.2, 0.25) is 0 Å². The molecule has 1 aliphatic heterocycles. The van der Waals surface area contributed by atoms with Crippen molar-refractivity contribution in [2.45, 2.75) is 13.1 Å². The Bertz CT molecular complexity index is 681. The molecule has 0 amide bonds. The van der Waals surface area contributed by atoms with Crippen molar-refractivity contribution in [1.29, 1.82) is 0 Å². The number of piperazine rings is 1. The summed E-state index contributed by atoms with van der Waals surface area (Å²) in [6, 6.07) is 7.83. The van der Waals surface area contributed by atoms with E-state index >= 15 is 0 Å². The minimum Gasteiger partial charge on any atom is -0.492 e. The minimum atomic E-state index is -4.33. The predicted octanol–water partition coefficient (Wildman–Crippen LogP) is 3.89. The van der Waals surface area contributed by atoms with Gasteiger partial charge in [0.15, 0.2) is 5.13 Å². The van der Waals surface area contributed by atoms with Crippen LogP contribution in [-0.2, 0) is 6.18 Å². The van der Waals surface area contributed by atoms with Gasteiger partial charge in [-0.05, 0) is 19.1 Å². The van der Waals surface area contributed by atoms with Crippen LogP contribution in [0.1, 0.15) is 11.8 Å². The Morgan fingerprint density at radius 2 is 1.79 bits per heavy atom. The van der Waals surface area contributed by atoms with Crippen LogP contribution < -0.4 is 14.5 Å². The van der Waals surface area contributed by atoms with Crippen molar-refractivity contribution in [3.63, 3.8) is 0 Å². The van der Waals surface area contributed by atoms with Crippen molar-refractivity contribution >= 4 is 22.2 Å². The van der Waals surface area contributed by atoms with Gasteiger partial charge in [0.25, 0.3) is 0 Å². The molecule has 0 saturated carbocycles. The average molecular weight is 357 g/mol. The Morgan fingerprint density at radius 1 is 1.12 bits per heavy atom. The molecule has 2 heterocycles. The summed E-state index contributed by atoms with van der Waals surface area (Å²) in [5.74, 6) is 0.835. The molecule has 24 heavy (non-hydrogen) atoms. The highest BCUT2D eigenvalue weighted by atomic mass is 32.1. The van der Waals surface area contributed by atoms with Crippen LogP contribution in [0.15, 0.2) is 30.5 Å². The van der Waals surface area contributed by atoms with Gasteiger partial charge in [0, 0.05) is 26.2 Å². The van der Waals surface area contributed by atoms with E-state index in [0.717, 1.165) is 17.6 Å². The van der Waals surface area contributed by atoms with Gasteiger partial charge in [-0.15, -0.1) is 0 Å². The maximum absolute atomic E-state index is 12.7. The monoisotopic (exact) mass is 357 g/mol. The zero-order chi connectivity index (χ0) is 17.2. The Labute approximate surface area is 142 Å². The average Bonchev–Trinajstić information content (AvgIpc) is 3.06. The third kappa shape index (κ3) is 3.58. The molecule has 0 unspecified atom stereocenters. The first-order chi connectivity index (χ1) is 11.5. The smallest absolute Gasteiger partial charge is 0.427 e. The molecule has 130 valence electrons. The number of hydrogen-bond acceptors (Lipinski definition) is 5. The molecule has 1 aromatic heterocycles. The molecule has 0 radical (unpaired) electrons. The second kappa shape index (κ2) is 6.88. The van der Waals surface area contributed by atoms with Crippen molar-refractivity contribution in [1.82, 2.24) is 4.98 Å². The van der Waals surface area contributed by atoms with Crippen molar-refractivity contribution < 1.29 is 17.9 Å². The largest absolute Gasteiger partial charge is 0.492 e. The zero-order valence-corrected chi connectivity index (χ0v) is 14.0. The lowest BCUT2D eigenvalue weighted by atomic mass is 10.2. The fraction of sp³-hybridized carbons (Fsp3) is 0.438. The van der Waals surface area contributed by atoms with Crippen LogP contribution in [0, 0.1) is 0 Å². The molecule has 2 aromatic rings. The number of para-hydroxylation sites is 2. The van der Waals surface area contributed by atoms with E-state index in [4.69, 9.17) is 4.74 Å². The van der Waals surface area contributed by atoms with Gasteiger partial charge in [-0.1, -0.05) is 23.5 Å². The predicted molar refractivity (Wildman–Crippen MR) is 89.2 cm³/mol. The van der Waals surface area contributed by atoms with Gasteiger partial charge in [0.05, 0.1) is 18.5 Å². The minimum absolute atomic E-state index is 0.431. The molecule has 0 atom stereocenters. The number of benzene rings is 1. The summed E-state index contributed by atoms with van der Waals surface area (Å²) in [6.07, 6.45) is -3.41. The molecular formula is C16H18F3N3OS. The van der Waals surface area contributed by atoms with E-state index in [1.54, 1.807) is 0 Å². The molecule has 8 heteroatoms. The van der Waals surface area contributed by atoms with Gasteiger partial charge < -0.3 is 14.5 Å². The van der Waals surface area contributed by atoms with Gasteiger partial charge in [0.1, 0.15) is 10.6 Å². The first-order valence-electron chi connectivity index (χ1n) is 7.74. The van der Waals surface area contributed by atoms with E-state index in [0.29, 0.717) is 49.3 Å². The van der Waals surface area contributed by atoms with Gasteiger partial charge in [-0.3, -0.25) is 0 Å². The first-order valence-corrected chi connectivity index (χ1v) is 8.55. The van der Waals surface area contributed by atoms with Crippen LogP contribution in [0.2, 0.25) is 0 Å². The molecule has 0 aliphatic carbocycles. The summed E-state index contributed by atoms with van der Waals surface area (Å²) in [5, 5.41) is 0.431. The molecule has 0 bridgehead atoms. The lowest BCUT2D eigenvalue weighted by Gasteiger charge is -2.36. The van der Waals surface area contributed by atoms with Gasteiger partial charge in [-0.25, -0.2) is 4.98 Å². The topological polar surface area (TPSA) is 28.6 Å².